The quantitative estimate of drug-likeness (QED) is 0.686. The standard InChI is InChI=1S/C15H19N3O2S/c1-2-3-4-7-13(19)18-9-5-6-12(11-18)14(20)17-15-16-8-10-21-15/h2-4,7-8,10,12H,5-6,9,11H2,1H3,(H,16,17,20)/b3-2+,7-4+/t12-/m0/s1. The van der Waals surface area contributed by atoms with Crippen molar-refractivity contribution in [2.75, 3.05) is 18.4 Å². The molecule has 0 bridgehead atoms. The third-order valence-electron chi connectivity index (χ3n) is 3.31. The van der Waals surface area contributed by atoms with Crippen molar-refractivity contribution in [1.82, 2.24) is 9.88 Å². The molecule has 0 spiro atoms. The molecule has 0 aromatic carbocycles. The Bertz CT molecular complexity index is 537. The highest BCUT2D eigenvalue weighted by Gasteiger charge is 2.27. The van der Waals surface area contributed by atoms with E-state index in [9.17, 15) is 9.59 Å². The van der Waals surface area contributed by atoms with E-state index in [0.29, 0.717) is 18.2 Å². The summed E-state index contributed by atoms with van der Waals surface area (Å²) in [6.45, 7) is 3.07. The van der Waals surface area contributed by atoms with Crippen molar-refractivity contribution in [1.29, 1.82) is 0 Å². The number of allylic oxidation sites excluding steroid dienone is 3. The second-order valence-electron chi connectivity index (χ2n) is 4.83. The number of hydrogen-bond donors (Lipinski definition) is 1. The summed E-state index contributed by atoms with van der Waals surface area (Å²) >= 11 is 1.39. The van der Waals surface area contributed by atoms with Crippen LogP contribution in [0.1, 0.15) is 19.8 Å². The largest absolute Gasteiger partial charge is 0.338 e. The predicted octanol–water partition coefficient (Wildman–Crippen LogP) is 2.45. The van der Waals surface area contributed by atoms with Crippen molar-refractivity contribution in [2.45, 2.75) is 19.8 Å². The van der Waals surface area contributed by atoms with Gasteiger partial charge in [-0.25, -0.2) is 4.98 Å². The summed E-state index contributed by atoms with van der Waals surface area (Å²) in [5.74, 6) is -0.263. The van der Waals surface area contributed by atoms with Crippen LogP contribution in [-0.2, 0) is 9.59 Å². The molecule has 1 atom stereocenters. The molecule has 1 aliphatic rings. The van der Waals surface area contributed by atoms with Gasteiger partial charge in [-0.1, -0.05) is 18.2 Å². The van der Waals surface area contributed by atoms with Crippen LogP contribution in [0, 0.1) is 5.92 Å². The van der Waals surface area contributed by atoms with Crippen molar-refractivity contribution in [2.24, 2.45) is 5.92 Å². The molecule has 6 heteroatoms. The number of carbonyl (C=O) groups is 2. The van der Waals surface area contributed by atoms with E-state index in [0.717, 1.165) is 12.8 Å². The first kappa shape index (κ1) is 15.4. The molecule has 112 valence electrons. The van der Waals surface area contributed by atoms with Crippen molar-refractivity contribution in [3.8, 4) is 0 Å². The molecule has 0 radical (unpaired) electrons. The first-order valence-corrected chi connectivity index (χ1v) is 7.87. The van der Waals surface area contributed by atoms with Gasteiger partial charge in [-0.15, -0.1) is 11.3 Å². The van der Waals surface area contributed by atoms with Crippen molar-refractivity contribution in [3.05, 3.63) is 35.9 Å². The van der Waals surface area contributed by atoms with Gasteiger partial charge in [-0.3, -0.25) is 9.59 Å². The van der Waals surface area contributed by atoms with Crippen LogP contribution in [0.3, 0.4) is 0 Å². The summed E-state index contributed by atoms with van der Waals surface area (Å²) in [6, 6.07) is 0. The third kappa shape index (κ3) is 4.53. The zero-order valence-corrected chi connectivity index (χ0v) is 12.8. The molecule has 1 aliphatic heterocycles. The summed E-state index contributed by atoms with van der Waals surface area (Å²) in [5, 5.41) is 5.23. The van der Waals surface area contributed by atoms with E-state index >= 15 is 0 Å². The molecule has 0 saturated carbocycles. The number of carbonyl (C=O) groups excluding carboxylic acids is 2. The number of thiazole rings is 1. The molecule has 1 aromatic heterocycles. The van der Waals surface area contributed by atoms with Gasteiger partial charge >= 0.3 is 0 Å². The van der Waals surface area contributed by atoms with Crippen LogP contribution >= 0.6 is 11.3 Å². The van der Waals surface area contributed by atoms with Gasteiger partial charge in [-0.05, 0) is 19.8 Å². The molecule has 1 saturated heterocycles. The summed E-state index contributed by atoms with van der Waals surface area (Å²) in [7, 11) is 0. The minimum atomic E-state index is -0.165. The Kier molecular flexibility index (Phi) is 5.68. The second-order valence-corrected chi connectivity index (χ2v) is 5.73. The summed E-state index contributed by atoms with van der Waals surface area (Å²) in [4.78, 5) is 30.0. The Morgan fingerprint density at radius 3 is 3.05 bits per heavy atom. The van der Waals surface area contributed by atoms with Gasteiger partial charge in [0.2, 0.25) is 11.8 Å². The third-order valence-corrected chi connectivity index (χ3v) is 4.00. The van der Waals surface area contributed by atoms with E-state index in [2.05, 4.69) is 10.3 Å². The lowest BCUT2D eigenvalue weighted by atomic mass is 9.97. The Labute approximate surface area is 128 Å². The molecule has 2 rings (SSSR count). The fraction of sp³-hybridized carbons (Fsp3) is 0.400. The molecule has 2 amide bonds. The average Bonchev–Trinajstić information content (AvgIpc) is 3.00. The molecule has 1 fully saturated rings. The zero-order valence-electron chi connectivity index (χ0n) is 12.0. The average molecular weight is 305 g/mol. The smallest absolute Gasteiger partial charge is 0.246 e. The van der Waals surface area contributed by atoms with E-state index in [-0.39, 0.29) is 17.7 Å². The number of hydrogen-bond acceptors (Lipinski definition) is 4. The van der Waals surface area contributed by atoms with E-state index in [1.807, 2.05) is 24.5 Å². The molecule has 5 nitrogen and oxygen atoms in total. The maximum atomic E-state index is 12.2. The lowest BCUT2D eigenvalue weighted by Gasteiger charge is -2.31. The van der Waals surface area contributed by atoms with Crippen LogP contribution in [0.25, 0.3) is 0 Å². The molecule has 21 heavy (non-hydrogen) atoms. The van der Waals surface area contributed by atoms with Gasteiger partial charge < -0.3 is 10.2 Å². The number of piperidine rings is 1. The number of aromatic nitrogens is 1. The summed E-state index contributed by atoms with van der Waals surface area (Å²) < 4.78 is 0. The van der Waals surface area contributed by atoms with Gasteiger partial charge in [-0.2, -0.15) is 0 Å². The molecule has 1 N–H and O–H groups in total. The number of amides is 2. The number of nitrogens with zero attached hydrogens (tertiary/aromatic N) is 2. The SMILES string of the molecule is C/C=C/C=C/C(=O)N1CCC[C@H](C(=O)Nc2nccs2)C1. The monoisotopic (exact) mass is 305 g/mol. The van der Waals surface area contributed by atoms with Crippen molar-refractivity contribution in [3.63, 3.8) is 0 Å². The van der Waals surface area contributed by atoms with Crippen LogP contribution in [0.15, 0.2) is 35.9 Å². The fourth-order valence-electron chi connectivity index (χ4n) is 2.24. The van der Waals surface area contributed by atoms with E-state index in [4.69, 9.17) is 0 Å². The summed E-state index contributed by atoms with van der Waals surface area (Å²) in [5.41, 5.74) is 0. The zero-order chi connectivity index (χ0) is 15.1. The maximum absolute atomic E-state index is 12.2. The number of likely N-dealkylation sites (tertiary alicyclic amines) is 1. The van der Waals surface area contributed by atoms with Crippen LogP contribution in [0.2, 0.25) is 0 Å². The summed E-state index contributed by atoms with van der Waals surface area (Å²) in [6.07, 6.45) is 10.3. The number of anilines is 1. The van der Waals surface area contributed by atoms with E-state index in [1.165, 1.54) is 11.3 Å². The molecular weight excluding hydrogens is 286 g/mol. The maximum Gasteiger partial charge on any atom is 0.246 e. The highest BCUT2D eigenvalue weighted by atomic mass is 32.1. The van der Waals surface area contributed by atoms with Crippen LogP contribution in [-0.4, -0.2) is 34.8 Å². The lowest BCUT2D eigenvalue weighted by molar-refractivity contribution is -0.130. The second kappa shape index (κ2) is 7.73. The molecule has 0 aliphatic carbocycles. The Morgan fingerprint density at radius 2 is 2.33 bits per heavy atom. The molecular formula is C15H19N3O2S. The highest BCUT2D eigenvalue weighted by molar-refractivity contribution is 7.13. The van der Waals surface area contributed by atoms with Gasteiger partial charge in [0.15, 0.2) is 5.13 Å². The van der Waals surface area contributed by atoms with Gasteiger partial charge in [0.1, 0.15) is 0 Å². The van der Waals surface area contributed by atoms with Crippen LogP contribution < -0.4 is 5.32 Å². The van der Waals surface area contributed by atoms with Gasteiger partial charge in [0.25, 0.3) is 0 Å². The van der Waals surface area contributed by atoms with Gasteiger partial charge in [0.05, 0.1) is 5.92 Å². The van der Waals surface area contributed by atoms with Crippen molar-refractivity contribution >= 4 is 28.3 Å². The predicted molar refractivity (Wildman–Crippen MR) is 84.0 cm³/mol. The first-order chi connectivity index (χ1) is 10.2. The normalized spacial score (nSPS) is 19.3. The van der Waals surface area contributed by atoms with E-state index < -0.39 is 0 Å². The Hall–Kier alpha value is -1.95. The number of rotatable bonds is 4. The van der Waals surface area contributed by atoms with Crippen molar-refractivity contribution < 1.29 is 9.59 Å². The Morgan fingerprint density at radius 1 is 1.48 bits per heavy atom. The minimum Gasteiger partial charge on any atom is -0.338 e. The highest BCUT2D eigenvalue weighted by Crippen LogP contribution is 2.20. The first-order valence-electron chi connectivity index (χ1n) is 6.99. The van der Waals surface area contributed by atoms with E-state index in [1.54, 1.807) is 23.2 Å². The van der Waals surface area contributed by atoms with Gasteiger partial charge in [0, 0.05) is 30.7 Å². The topological polar surface area (TPSA) is 62.3 Å². The van der Waals surface area contributed by atoms with Crippen LogP contribution in [0.5, 0.6) is 0 Å². The molecule has 0 unspecified atom stereocenters. The number of nitrogens with one attached hydrogen (secondary N) is 1. The van der Waals surface area contributed by atoms with Crippen LogP contribution in [0.4, 0.5) is 5.13 Å². The molecule has 2 heterocycles. The fourth-order valence-corrected chi connectivity index (χ4v) is 2.77. The molecule has 1 aromatic rings. The lowest BCUT2D eigenvalue weighted by Crippen LogP contribution is -2.43. The minimum absolute atomic E-state index is 0.0418. The Balaban J connectivity index is 1.90.